The third-order valence-corrected chi connectivity index (χ3v) is 3.34. The number of pyridine rings is 1. The monoisotopic (exact) mass is 243 g/mol. The van der Waals surface area contributed by atoms with E-state index < -0.39 is 0 Å². The fourth-order valence-electron chi connectivity index (χ4n) is 2.45. The summed E-state index contributed by atoms with van der Waals surface area (Å²) in [5.74, 6) is 0. The van der Waals surface area contributed by atoms with Crippen LogP contribution in [-0.2, 0) is 4.74 Å². The summed E-state index contributed by atoms with van der Waals surface area (Å²) in [5.41, 5.74) is 8.81. The molecule has 4 heteroatoms. The minimum atomic E-state index is 0.737. The van der Waals surface area contributed by atoms with Crippen LogP contribution in [-0.4, -0.2) is 31.3 Å². The van der Waals surface area contributed by atoms with E-state index in [9.17, 15) is 0 Å². The van der Waals surface area contributed by atoms with Gasteiger partial charge in [-0.2, -0.15) is 0 Å². The summed E-state index contributed by atoms with van der Waals surface area (Å²) < 4.78 is 5.50. The van der Waals surface area contributed by atoms with Crippen molar-refractivity contribution in [1.29, 1.82) is 0 Å². The Bertz CT molecular complexity index is 548. The summed E-state index contributed by atoms with van der Waals surface area (Å²) in [6.45, 7) is 3.58. The van der Waals surface area contributed by atoms with Gasteiger partial charge in [0.1, 0.15) is 0 Å². The number of nitrogen functional groups attached to an aromatic ring is 1. The van der Waals surface area contributed by atoms with Gasteiger partial charge in [0.25, 0.3) is 0 Å². The number of benzene rings is 1. The maximum Gasteiger partial charge on any atom is 0.0951 e. The third-order valence-electron chi connectivity index (χ3n) is 3.34. The second-order valence-electron chi connectivity index (χ2n) is 4.53. The van der Waals surface area contributed by atoms with Gasteiger partial charge in [-0.05, 0) is 18.6 Å². The molecular formula is C14H17N3O. The Morgan fingerprint density at radius 2 is 2.11 bits per heavy atom. The summed E-state index contributed by atoms with van der Waals surface area (Å²) in [4.78, 5) is 6.73. The molecule has 3 rings (SSSR count). The fraction of sp³-hybridized carbons (Fsp3) is 0.357. The molecule has 1 aliphatic heterocycles. The van der Waals surface area contributed by atoms with Crippen LogP contribution in [0.2, 0.25) is 0 Å². The van der Waals surface area contributed by atoms with Crippen LogP contribution in [0.25, 0.3) is 10.9 Å². The molecule has 0 amide bonds. The topological polar surface area (TPSA) is 51.4 Å². The second kappa shape index (κ2) is 4.82. The van der Waals surface area contributed by atoms with E-state index in [0.29, 0.717) is 0 Å². The van der Waals surface area contributed by atoms with Crippen molar-refractivity contribution in [3.05, 3.63) is 30.5 Å². The molecule has 1 aromatic carbocycles. The Balaban J connectivity index is 2.08. The van der Waals surface area contributed by atoms with Crippen LogP contribution in [0.3, 0.4) is 0 Å². The highest BCUT2D eigenvalue weighted by atomic mass is 16.5. The maximum atomic E-state index is 5.98. The summed E-state index contributed by atoms with van der Waals surface area (Å²) >= 11 is 0. The zero-order chi connectivity index (χ0) is 12.4. The molecule has 1 aliphatic rings. The maximum absolute atomic E-state index is 5.98. The van der Waals surface area contributed by atoms with Crippen LogP contribution in [0.15, 0.2) is 30.5 Å². The van der Waals surface area contributed by atoms with Crippen molar-refractivity contribution in [2.24, 2.45) is 0 Å². The first-order valence-electron chi connectivity index (χ1n) is 6.32. The molecule has 0 atom stereocenters. The molecule has 1 aromatic heterocycles. The zero-order valence-electron chi connectivity index (χ0n) is 10.3. The number of hydrogen-bond acceptors (Lipinski definition) is 4. The van der Waals surface area contributed by atoms with Crippen molar-refractivity contribution in [3.8, 4) is 0 Å². The molecule has 4 nitrogen and oxygen atoms in total. The Hall–Kier alpha value is -1.81. The number of nitrogens with zero attached hydrogens (tertiary/aromatic N) is 2. The van der Waals surface area contributed by atoms with E-state index in [-0.39, 0.29) is 0 Å². The molecule has 0 radical (unpaired) electrons. The first kappa shape index (κ1) is 11.3. The normalized spacial score (nSPS) is 16.8. The molecule has 1 saturated heterocycles. The van der Waals surface area contributed by atoms with Crippen molar-refractivity contribution < 1.29 is 4.74 Å². The molecule has 2 heterocycles. The van der Waals surface area contributed by atoms with E-state index in [1.54, 1.807) is 0 Å². The van der Waals surface area contributed by atoms with E-state index in [1.165, 1.54) is 5.69 Å². The molecule has 0 spiro atoms. The van der Waals surface area contributed by atoms with Gasteiger partial charge in [0, 0.05) is 37.0 Å². The number of fused-ring (bicyclic) bond motifs is 1. The van der Waals surface area contributed by atoms with Crippen molar-refractivity contribution in [3.63, 3.8) is 0 Å². The Kier molecular flexibility index (Phi) is 3.02. The number of ether oxygens (including phenoxy) is 1. The first-order valence-corrected chi connectivity index (χ1v) is 6.32. The summed E-state index contributed by atoms with van der Waals surface area (Å²) in [6, 6.07) is 8.02. The summed E-state index contributed by atoms with van der Waals surface area (Å²) in [5, 5.41) is 1.12. The summed E-state index contributed by atoms with van der Waals surface area (Å²) in [7, 11) is 0. The quantitative estimate of drug-likeness (QED) is 0.779. The Labute approximate surface area is 106 Å². The van der Waals surface area contributed by atoms with Crippen LogP contribution in [0.1, 0.15) is 6.42 Å². The standard InChI is InChI=1S/C14H17N3O/c15-12-4-1-3-11-13(5-6-16-14(11)12)17-7-2-9-18-10-8-17/h1,3-6H,2,7-10,15H2. The van der Waals surface area contributed by atoms with E-state index >= 15 is 0 Å². The largest absolute Gasteiger partial charge is 0.397 e. The van der Waals surface area contributed by atoms with Gasteiger partial charge in [-0.1, -0.05) is 12.1 Å². The van der Waals surface area contributed by atoms with E-state index in [4.69, 9.17) is 10.5 Å². The Morgan fingerprint density at radius 1 is 1.17 bits per heavy atom. The highest BCUT2D eigenvalue weighted by Crippen LogP contribution is 2.28. The van der Waals surface area contributed by atoms with Gasteiger partial charge in [-0.25, -0.2) is 0 Å². The number of aromatic nitrogens is 1. The van der Waals surface area contributed by atoms with Crippen LogP contribution in [0.4, 0.5) is 11.4 Å². The lowest BCUT2D eigenvalue weighted by Gasteiger charge is -2.23. The molecule has 0 unspecified atom stereocenters. The fourth-order valence-corrected chi connectivity index (χ4v) is 2.45. The molecule has 94 valence electrons. The summed E-state index contributed by atoms with van der Waals surface area (Å²) in [6.07, 6.45) is 2.89. The molecule has 0 saturated carbocycles. The molecule has 2 N–H and O–H groups in total. The predicted octanol–water partition coefficient (Wildman–Crippen LogP) is 2.04. The van der Waals surface area contributed by atoms with Crippen molar-refractivity contribution >= 4 is 22.3 Å². The predicted molar refractivity (Wildman–Crippen MR) is 73.8 cm³/mol. The number of hydrogen-bond donors (Lipinski definition) is 1. The zero-order valence-corrected chi connectivity index (χ0v) is 10.3. The molecular weight excluding hydrogens is 226 g/mol. The minimum Gasteiger partial charge on any atom is -0.397 e. The van der Waals surface area contributed by atoms with Crippen LogP contribution in [0.5, 0.6) is 0 Å². The van der Waals surface area contributed by atoms with Gasteiger partial charge in [-0.15, -0.1) is 0 Å². The number of rotatable bonds is 1. The van der Waals surface area contributed by atoms with E-state index in [2.05, 4.69) is 22.0 Å². The smallest absolute Gasteiger partial charge is 0.0951 e. The van der Waals surface area contributed by atoms with Crippen molar-refractivity contribution in [2.75, 3.05) is 36.9 Å². The third kappa shape index (κ3) is 1.99. The number of anilines is 2. The molecule has 1 fully saturated rings. The van der Waals surface area contributed by atoms with Gasteiger partial charge in [0.15, 0.2) is 0 Å². The van der Waals surface area contributed by atoms with Crippen molar-refractivity contribution in [2.45, 2.75) is 6.42 Å². The lowest BCUT2D eigenvalue weighted by molar-refractivity contribution is 0.152. The van der Waals surface area contributed by atoms with E-state index in [1.807, 2.05) is 18.3 Å². The second-order valence-corrected chi connectivity index (χ2v) is 4.53. The molecule has 0 bridgehead atoms. The van der Waals surface area contributed by atoms with Crippen LogP contribution < -0.4 is 10.6 Å². The number of nitrogens with two attached hydrogens (primary N) is 1. The van der Waals surface area contributed by atoms with Gasteiger partial charge in [0.2, 0.25) is 0 Å². The molecule has 18 heavy (non-hydrogen) atoms. The lowest BCUT2D eigenvalue weighted by Crippen LogP contribution is -2.26. The first-order chi connectivity index (χ1) is 8.86. The van der Waals surface area contributed by atoms with Crippen LogP contribution in [0, 0.1) is 0 Å². The van der Waals surface area contributed by atoms with Gasteiger partial charge in [0.05, 0.1) is 17.8 Å². The average molecular weight is 243 g/mol. The minimum absolute atomic E-state index is 0.737. The van der Waals surface area contributed by atoms with Crippen LogP contribution >= 0.6 is 0 Å². The lowest BCUT2D eigenvalue weighted by atomic mass is 10.1. The SMILES string of the molecule is Nc1cccc2c(N3CCCOCC3)ccnc12. The highest BCUT2D eigenvalue weighted by Gasteiger charge is 2.13. The Morgan fingerprint density at radius 3 is 3.06 bits per heavy atom. The van der Waals surface area contributed by atoms with Crippen molar-refractivity contribution in [1.82, 2.24) is 4.98 Å². The molecule has 2 aromatic rings. The van der Waals surface area contributed by atoms with E-state index in [0.717, 1.165) is 49.3 Å². The number of para-hydroxylation sites is 1. The highest BCUT2D eigenvalue weighted by molar-refractivity contribution is 5.98. The van der Waals surface area contributed by atoms with Gasteiger partial charge >= 0.3 is 0 Å². The van der Waals surface area contributed by atoms with Gasteiger partial charge < -0.3 is 15.4 Å². The molecule has 0 aliphatic carbocycles. The van der Waals surface area contributed by atoms with Gasteiger partial charge in [-0.3, -0.25) is 4.98 Å². The average Bonchev–Trinajstić information content (AvgIpc) is 2.67.